The molecule has 1 saturated heterocycles. The number of rotatable bonds is 5. The lowest BCUT2D eigenvalue weighted by Crippen LogP contribution is -2.49. The maximum Gasteiger partial charge on any atom is 0.409 e. The Bertz CT molecular complexity index is 759. The second kappa shape index (κ2) is 8.98. The van der Waals surface area contributed by atoms with E-state index in [1.54, 1.807) is 24.0 Å². The van der Waals surface area contributed by atoms with E-state index in [0.717, 1.165) is 5.56 Å². The number of hydrogen-bond donors (Lipinski definition) is 1. The van der Waals surface area contributed by atoms with Gasteiger partial charge in [-0.2, -0.15) is 0 Å². The Morgan fingerprint density at radius 1 is 1.04 bits per heavy atom. The topological polar surface area (TPSA) is 87.7 Å². The third-order valence-electron chi connectivity index (χ3n) is 4.31. The molecule has 0 atom stereocenters. The monoisotopic (exact) mass is 369 g/mol. The SMILES string of the molecule is CCOC(=O)N1CCN(c2ccc(C(=O)NCc3ccccc3)nn2)CC1. The third kappa shape index (κ3) is 4.93. The molecule has 2 aromatic rings. The summed E-state index contributed by atoms with van der Waals surface area (Å²) in [5.41, 5.74) is 1.30. The largest absolute Gasteiger partial charge is 0.450 e. The highest BCUT2D eigenvalue weighted by Crippen LogP contribution is 2.13. The number of carbonyl (C=O) groups is 2. The number of piperazine rings is 1. The molecule has 0 radical (unpaired) electrons. The van der Waals surface area contributed by atoms with Gasteiger partial charge in [0.05, 0.1) is 6.61 Å². The predicted octanol–water partition coefficient (Wildman–Crippen LogP) is 1.69. The van der Waals surface area contributed by atoms with Crippen LogP contribution in [0.1, 0.15) is 23.0 Å². The summed E-state index contributed by atoms with van der Waals surface area (Å²) in [5.74, 6) is 0.433. The molecule has 142 valence electrons. The number of ether oxygens (including phenoxy) is 1. The fourth-order valence-electron chi connectivity index (χ4n) is 2.82. The minimum Gasteiger partial charge on any atom is -0.450 e. The van der Waals surface area contributed by atoms with E-state index in [0.29, 0.717) is 45.1 Å². The average Bonchev–Trinajstić information content (AvgIpc) is 2.73. The molecule has 8 heteroatoms. The number of anilines is 1. The maximum absolute atomic E-state index is 12.2. The minimum absolute atomic E-state index is 0.259. The van der Waals surface area contributed by atoms with Gasteiger partial charge in [0.15, 0.2) is 11.5 Å². The van der Waals surface area contributed by atoms with Gasteiger partial charge in [-0.15, -0.1) is 10.2 Å². The lowest BCUT2D eigenvalue weighted by atomic mass is 10.2. The van der Waals surface area contributed by atoms with Crippen LogP contribution < -0.4 is 10.2 Å². The zero-order valence-electron chi connectivity index (χ0n) is 15.3. The van der Waals surface area contributed by atoms with Gasteiger partial charge in [-0.25, -0.2) is 4.79 Å². The van der Waals surface area contributed by atoms with Crippen LogP contribution in [0.3, 0.4) is 0 Å². The van der Waals surface area contributed by atoms with Gasteiger partial charge in [0.2, 0.25) is 0 Å². The standard InChI is InChI=1S/C19H23N5O3/c1-2-27-19(26)24-12-10-23(11-13-24)17-9-8-16(21-22-17)18(25)20-14-15-6-4-3-5-7-15/h3-9H,2,10-14H2,1H3,(H,20,25). The first-order valence-corrected chi connectivity index (χ1v) is 9.00. The van der Waals surface area contributed by atoms with Crippen LogP contribution in [0.15, 0.2) is 42.5 Å². The molecular weight excluding hydrogens is 346 g/mol. The highest BCUT2D eigenvalue weighted by Gasteiger charge is 2.23. The number of hydrogen-bond acceptors (Lipinski definition) is 6. The minimum atomic E-state index is -0.284. The fourth-order valence-corrected chi connectivity index (χ4v) is 2.82. The lowest BCUT2D eigenvalue weighted by Gasteiger charge is -2.34. The lowest BCUT2D eigenvalue weighted by molar-refractivity contribution is 0.0944. The Morgan fingerprint density at radius 3 is 2.41 bits per heavy atom. The van der Waals surface area contributed by atoms with Crippen LogP contribution in [-0.4, -0.2) is 59.9 Å². The Hall–Kier alpha value is -3.16. The zero-order chi connectivity index (χ0) is 19.1. The Kier molecular flexibility index (Phi) is 6.19. The van der Waals surface area contributed by atoms with Gasteiger partial charge in [0.25, 0.3) is 5.91 Å². The molecule has 1 N–H and O–H groups in total. The van der Waals surface area contributed by atoms with E-state index in [4.69, 9.17) is 4.74 Å². The highest BCUT2D eigenvalue weighted by molar-refractivity contribution is 5.92. The zero-order valence-corrected chi connectivity index (χ0v) is 15.3. The van der Waals surface area contributed by atoms with E-state index in [1.165, 1.54) is 0 Å². The maximum atomic E-state index is 12.2. The van der Waals surface area contributed by atoms with Gasteiger partial charge in [-0.1, -0.05) is 30.3 Å². The Balaban J connectivity index is 1.51. The third-order valence-corrected chi connectivity index (χ3v) is 4.31. The molecule has 8 nitrogen and oxygen atoms in total. The number of nitrogens with zero attached hydrogens (tertiary/aromatic N) is 4. The highest BCUT2D eigenvalue weighted by atomic mass is 16.6. The number of aromatic nitrogens is 2. The van der Waals surface area contributed by atoms with Gasteiger partial charge < -0.3 is 19.9 Å². The van der Waals surface area contributed by atoms with Gasteiger partial charge in [-0.05, 0) is 24.6 Å². The number of benzene rings is 1. The van der Waals surface area contributed by atoms with Crippen molar-refractivity contribution in [3.63, 3.8) is 0 Å². The molecule has 0 unspecified atom stereocenters. The number of nitrogens with one attached hydrogen (secondary N) is 1. The second-order valence-electron chi connectivity index (χ2n) is 6.12. The molecule has 0 saturated carbocycles. The number of amides is 2. The molecule has 1 fully saturated rings. The van der Waals surface area contributed by atoms with Crippen molar-refractivity contribution in [3.05, 3.63) is 53.7 Å². The van der Waals surface area contributed by atoms with Crippen molar-refractivity contribution in [1.29, 1.82) is 0 Å². The van der Waals surface area contributed by atoms with Gasteiger partial charge in [0.1, 0.15) is 0 Å². The van der Waals surface area contributed by atoms with E-state index < -0.39 is 0 Å². The molecule has 0 aliphatic carbocycles. The van der Waals surface area contributed by atoms with Crippen molar-refractivity contribution < 1.29 is 14.3 Å². The molecule has 2 amide bonds. The van der Waals surface area contributed by atoms with Crippen molar-refractivity contribution in [2.75, 3.05) is 37.7 Å². The van der Waals surface area contributed by atoms with Crippen LogP contribution in [0.25, 0.3) is 0 Å². The normalized spacial score (nSPS) is 14.0. The van der Waals surface area contributed by atoms with Crippen molar-refractivity contribution in [1.82, 2.24) is 20.4 Å². The van der Waals surface area contributed by atoms with E-state index in [1.807, 2.05) is 35.2 Å². The summed E-state index contributed by atoms with van der Waals surface area (Å²) < 4.78 is 5.02. The van der Waals surface area contributed by atoms with Crippen LogP contribution in [0.2, 0.25) is 0 Å². The first-order valence-electron chi connectivity index (χ1n) is 9.00. The van der Waals surface area contributed by atoms with Crippen LogP contribution in [0.5, 0.6) is 0 Å². The van der Waals surface area contributed by atoms with Crippen LogP contribution in [0, 0.1) is 0 Å². The molecule has 3 rings (SSSR count). The van der Waals surface area contributed by atoms with Gasteiger partial charge in [-0.3, -0.25) is 4.79 Å². The summed E-state index contributed by atoms with van der Waals surface area (Å²) in [7, 11) is 0. The molecule has 1 aromatic heterocycles. The predicted molar refractivity (Wildman–Crippen MR) is 100 cm³/mol. The van der Waals surface area contributed by atoms with Gasteiger partial charge in [0, 0.05) is 32.7 Å². The molecular formula is C19H23N5O3. The van der Waals surface area contributed by atoms with Crippen LogP contribution in [-0.2, 0) is 11.3 Å². The molecule has 1 aliphatic heterocycles. The van der Waals surface area contributed by atoms with Crippen molar-refractivity contribution >= 4 is 17.8 Å². The Labute approximate surface area is 158 Å². The van der Waals surface area contributed by atoms with E-state index >= 15 is 0 Å². The first-order chi connectivity index (χ1) is 13.2. The Morgan fingerprint density at radius 2 is 1.78 bits per heavy atom. The van der Waals surface area contributed by atoms with Gasteiger partial charge >= 0.3 is 6.09 Å². The summed E-state index contributed by atoms with van der Waals surface area (Å²) in [5, 5.41) is 11.0. The molecule has 0 spiro atoms. The summed E-state index contributed by atoms with van der Waals surface area (Å²) >= 11 is 0. The first kappa shape index (κ1) is 18.6. The summed E-state index contributed by atoms with van der Waals surface area (Å²) in [6, 6.07) is 13.1. The van der Waals surface area contributed by atoms with E-state index in [9.17, 15) is 9.59 Å². The van der Waals surface area contributed by atoms with E-state index in [2.05, 4.69) is 15.5 Å². The van der Waals surface area contributed by atoms with Crippen LogP contribution >= 0.6 is 0 Å². The summed E-state index contributed by atoms with van der Waals surface area (Å²) in [4.78, 5) is 27.7. The summed E-state index contributed by atoms with van der Waals surface area (Å²) in [6.45, 7) is 5.04. The van der Waals surface area contributed by atoms with E-state index in [-0.39, 0.29) is 17.7 Å². The van der Waals surface area contributed by atoms with Crippen molar-refractivity contribution in [2.45, 2.75) is 13.5 Å². The summed E-state index contributed by atoms with van der Waals surface area (Å²) in [6.07, 6.45) is -0.284. The van der Waals surface area contributed by atoms with Crippen LogP contribution in [0.4, 0.5) is 10.6 Å². The van der Waals surface area contributed by atoms with Crippen molar-refractivity contribution in [2.24, 2.45) is 0 Å². The molecule has 1 aliphatic rings. The molecule has 0 bridgehead atoms. The second-order valence-corrected chi connectivity index (χ2v) is 6.12. The quantitative estimate of drug-likeness (QED) is 0.863. The average molecular weight is 369 g/mol. The molecule has 2 heterocycles. The number of carbonyl (C=O) groups excluding carboxylic acids is 2. The molecule has 1 aromatic carbocycles. The fraction of sp³-hybridized carbons (Fsp3) is 0.368. The van der Waals surface area contributed by atoms with Crippen molar-refractivity contribution in [3.8, 4) is 0 Å². The molecule has 27 heavy (non-hydrogen) atoms. The smallest absolute Gasteiger partial charge is 0.409 e.